The number of carbonyl (C=O) groups excluding carboxylic acids is 2. The van der Waals surface area contributed by atoms with Crippen molar-refractivity contribution >= 4 is 28.5 Å². The second-order valence-corrected chi connectivity index (χ2v) is 7.79. The number of nitrogens with one attached hydrogen (secondary N) is 1. The summed E-state index contributed by atoms with van der Waals surface area (Å²) in [4.78, 5) is 42.3. The number of amides is 3. The molecule has 8 nitrogen and oxygen atoms in total. The molecule has 4 rings (SSSR count). The van der Waals surface area contributed by atoms with E-state index in [-0.39, 0.29) is 5.56 Å². The Morgan fingerprint density at radius 2 is 1.73 bits per heavy atom. The van der Waals surface area contributed by atoms with Crippen LogP contribution < -0.4 is 21.7 Å². The molecule has 4 aromatic rings. The van der Waals surface area contributed by atoms with Crippen molar-refractivity contribution in [2.45, 2.75) is 13.8 Å². The molecule has 8 heteroatoms. The molecule has 33 heavy (non-hydrogen) atoms. The van der Waals surface area contributed by atoms with Gasteiger partial charge in [0.2, 0.25) is 0 Å². The van der Waals surface area contributed by atoms with Crippen molar-refractivity contribution in [3.05, 3.63) is 94.0 Å². The van der Waals surface area contributed by atoms with Gasteiger partial charge in [0, 0.05) is 35.5 Å². The highest BCUT2D eigenvalue weighted by Crippen LogP contribution is 2.28. The molecule has 0 saturated carbocycles. The zero-order chi connectivity index (χ0) is 23.7. The van der Waals surface area contributed by atoms with Gasteiger partial charge in [0.05, 0.1) is 11.2 Å². The zero-order valence-electron chi connectivity index (χ0n) is 18.5. The van der Waals surface area contributed by atoms with Gasteiger partial charge in [0.1, 0.15) is 0 Å². The smallest absolute Gasteiger partial charge is 0.338 e. The Morgan fingerprint density at radius 1 is 1.00 bits per heavy atom. The Labute approximate surface area is 190 Å². The second kappa shape index (κ2) is 8.58. The average Bonchev–Trinajstić information content (AvgIpc) is 2.81. The molecule has 0 aliphatic rings. The van der Waals surface area contributed by atoms with Crippen LogP contribution in [0.2, 0.25) is 0 Å². The van der Waals surface area contributed by atoms with E-state index in [1.165, 1.54) is 0 Å². The monoisotopic (exact) mass is 441 g/mol. The van der Waals surface area contributed by atoms with Gasteiger partial charge in [0.25, 0.3) is 11.5 Å². The van der Waals surface area contributed by atoms with E-state index in [0.717, 1.165) is 27.2 Å². The summed E-state index contributed by atoms with van der Waals surface area (Å²) in [7, 11) is 1.71. The van der Waals surface area contributed by atoms with E-state index in [2.05, 4.69) is 10.4 Å². The van der Waals surface area contributed by atoms with Crippen LogP contribution in [0.4, 0.5) is 10.5 Å². The van der Waals surface area contributed by atoms with Crippen LogP contribution in [-0.2, 0) is 7.05 Å². The Bertz CT molecular complexity index is 1440. The molecule has 0 aliphatic heterocycles. The van der Waals surface area contributed by atoms with E-state index in [1.807, 2.05) is 19.9 Å². The Balaban J connectivity index is 1.80. The molecular formula is C25H23N5O3. The molecular weight excluding hydrogens is 418 g/mol. The van der Waals surface area contributed by atoms with Crippen LogP contribution in [-0.4, -0.2) is 21.5 Å². The number of primary amides is 1. The van der Waals surface area contributed by atoms with Gasteiger partial charge in [-0.2, -0.15) is 0 Å². The SMILES string of the molecule is Cc1cc2c(cn1)cc(-c1cc(N(NC(=O)c3ccccc3)C(N)=O)ccc1C)c(=O)n2C. The molecule has 0 aliphatic carbocycles. The maximum Gasteiger partial charge on any atom is 0.338 e. The Kier molecular flexibility index (Phi) is 5.66. The van der Waals surface area contributed by atoms with Crippen molar-refractivity contribution < 1.29 is 9.59 Å². The molecule has 0 spiro atoms. The number of hydrogen-bond donors (Lipinski definition) is 2. The topological polar surface area (TPSA) is 110 Å². The van der Waals surface area contributed by atoms with Crippen molar-refractivity contribution in [2.75, 3.05) is 5.01 Å². The van der Waals surface area contributed by atoms with Gasteiger partial charge >= 0.3 is 6.03 Å². The first kappa shape index (κ1) is 21.8. The number of nitrogens with two attached hydrogens (primary N) is 1. The van der Waals surface area contributed by atoms with Gasteiger partial charge in [-0.25, -0.2) is 9.80 Å². The molecule has 0 saturated heterocycles. The fraction of sp³-hybridized carbons (Fsp3) is 0.120. The highest BCUT2D eigenvalue weighted by molar-refractivity contribution is 6.01. The Morgan fingerprint density at radius 3 is 2.42 bits per heavy atom. The largest absolute Gasteiger partial charge is 0.350 e. The summed E-state index contributed by atoms with van der Waals surface area (Å²) in [5.74, 6) is -0.486. The quantitative estimate of drug-likeness (QED) is 0.475. The predicted octanol–water partition coefficient (Wildman–Crippen LogP) is 3.45. The minimum absolute atomic E-state index is 0.188. The molecule has 0 bridgehead atoms. The molecule has 2 heterocycles. The lowest BCUT2D eigenvalue weighted by atomic mass is 9.99. The van der Waals surface area contributed by atoms with Crippen LogP contribution in [0.1, 0.15) is 21.6 Å². The standard InChI is InChI=1S/C25H23N5O3/c1-15-9-10-19(30(25(26)33)28-23(31)17-7-5-4-6-8-17)13-20(15)21-12-18-14-27-16(2)11-22(18)29(3)24(21)32/h4-14H,1-3H3,(H2,26,33)(H,28,31). The number of fused-ring (bicyclic) bond motifs is 1. The fourth-order valence-corrected chi connectivity index (χ4v) is 3.70. The normalized spacial score (nSPS) is 10.8. The van der Waals surface area contributed by atoms with Gasteiger partial charge in [-0.3, -0.25) is 20.0 Å². The lowest BCUT2D eigenvalue weighted by Crippen LogP contribution is -2.49. The summed E-state index contributed by atoms with van der Waals surface area (Å²) in [6.45, 7) is 3.74. The van der Waals surface area contributed by atoms with Crippen LogP contribution >= 0.6 is 0 Å². The van der Waals surface area contributed by atoms with Crippen molar-refractivity contribution in [2.24, 2.45) is 12.8 Å². The van der Waals surface area contributed by atoms with Gasteiger partial charge in [-0.1, -0.05) is 24.3 Å². The lowest BCUT2D eigenvalue weighted by molar-refractivity contribution is 0.0951. The third-order valence-corrected chi connectivity index (χ3v) is 5.48. The minimum Gasteiger partial charge on any atom is -0.350 e. The van der Waals surface area contributed by atoms with E-state index in [9.17, 15) is 14.4 Å². The van der Waals surface area contributed by atoms with Crippen LogP contribution in [0.15, 0.2) is 71.7 Å². The summed E-state index contributed by atoms with van der Waals surface area (Å²) in [5, 5.41) is 1.78. The number of aryl methyl sites for hydroxylation is 3. The number of rotatable bonds is 3. The summed E-state index contributed by atoms with van der Waals surface area (Å²) < 4.78 is 1.58. The molecule has 0 atom stereocenters. The van der Waals surface area contributed by atoms with Crippen LogP contribution in [0.5, 0.6) is 0 Å². The molecule has 2 aromatic heterocycles. The van der Waals surface area contributed by atoms with Crippen molar-refractivity contribution in [1.82, 2.24) is 15.0 Å². The summed E-state index contributed by atoms with van der Waals surface area (Å²) >= 11 is 0. The van der Waals surface area contributed by atoms with Gasteiger partial charge in [0.15, 0.2) is 0 Å². The number of pyridine rings is 2. The molecule has 0 unspecified atom stereocenters. The predicted molar refractivity (Wildman–Crippen MR) is 128 cm³/mol. The fourth-order valence-electron chi connectivity index (χ4n) is 3.70. The number of benzene rings is 2. The number of nitrogens with zero attached hydrogens (tertiary/aromatic N) is 3. The minimum atomic E-state index is -0.861. The molecule has 0 fully saturated rings. The summed E-state index contributed by atoms with van der Waals surface area (Å²) in [6, 6.07) is 16.4. The third-order valence-electron chi connectivity index (χ3n) is 5.48. The molecule has 3 amide bonds. The van der Waals surface area contributed by atoms with E-state index in [1.54, 1.807) is 72.4 Å². The van der Waals surface area contributed by atoms with Crippen LogP contribution in [0, 0.1) is 13.8 Å². The zero-order valence-corrected chi connectivity index (χ0v) is 18.5. The maximum atomic E-state index is 13.2. The molecule has 166 valence electrons. The number of anilines is 1. The number of hydrazine groups is 1. The average molecular weight is 441 g/mol. The first-order valence-corrected chi connectivity index (χ1v) is 10.3. The first-order valence-electron chi connectivity index (χ1n) is 10.3. The molecule has 0 radical (unpaired) electrons. The summed E-state index contributed by atoms with van der Waals surface area (Å²) in [5.41, 5.74) is 12.1. The third kappa shape index (κ3) is 4.18. The number of aromatic nitrogens is 2. The second-order valence-electron chi connectivity index (χ2n) is 7.79. The summed E-state index contributed by atoms with van der Waals surface area (Å²) in [6.07, 6.45) is 1.72. The van der Waals surface area contributed by atoms with Crippen LogP contribution in [0.25, 0.3) is 22.0 Å². The van der Waals surface area contributed by atoms with Gasteiger partial charge in [-0.15, -0.1) is 0 Å². The highest BCUT2D eigenvalue weighted by Gasteiger charge is 2.19. The lowest BCUT2D eigenvalue weighted by Gasteiger charge is -2.22. The molecule has 3 N–H and O–H groups in total. The van der Waals surface area contributed by atoms with Crippen molar-refractivity contribution in [3.8, 4) is 11.1 Å². The van der Waals surface area contributed by atoms with Crippen molar-refractivity contribution in [3.63, 3.8) is 0 Å². The van der Waals surface area contributed by atoms with E-state index in [4.69, 9.17) is 5.73 Å². The number of carbonyl (C=O) groups is 2. The van der Waals surface area contributed by atoms with E-state index < -0.39 is 11.9 Å². The molecule has 2 aromatic carbocycles. The highest BCUT2D eigenvalue weighted by atomic mass is 16.2. The van der Waals surface area contributed by atoms with Gasteiger partial charge < -0.3 is 10.3 Å². The van der Waals surface area contributed by atoms with Crippen molar-refractivity contribution in [1.29, 1.82) is 0 Å². The number of urea groups is 1. The number of hydrogen-bond acceptors (Lipinski definition) is 4. The Hall–Kier alpha value is -4.46. The van der Waals surface area contributed by atoms with E-state index >= 15 is 0 Å². The van der Waals surface area contributed by atoms with Crippen LogP contribution in [0.3, 0.4) is 0 Å². The maximum absolute atomic E-state index is 13.2. The first-order chi connectivity index (χ1) is 15.8. The van der Waals surface area contributed by atoms with E-state index in [0.29, 0.717) is 22.4 Å². The van der Waals surface area contributed by atoms with Gasteiger partial charge in [-0.05, 0) is 61.4 Å².